The van der Waals surface area contributed by atoms with Crippen LogP contribution in [-0.2, 0) is 16.6 Å². The molecule has 0 bridgehead atoms. The first kappa shape index (κ1) is 28.8. The van der Waals surface area contributed by atoms with Crippen molar-refractivity contribution < 1.29 is 17.9 Å². The van der Waals surface area contributed by atoms with E-state index < -0.39 is 10.0 Å². The lowest BCUT2D eigenvalue weighted by atomic mass is 10.1. The van der Waals surface area contributed by atoms with Crippen LogP contribution in [0.1, 0.15) is 42.0 Å². The molecule has 1 aromatic heterocycles. The van der Waals surface area contributed by atoms with E-state index in [1.165, 1.54) is 10.6 Å². The van der Waals surface area contributed by atoms with Crippen LogP contribution in [0.5, 0.6) is 5.75 Å². The number of rotatable bonds is 5. The molecular weight excluding hydrogens is 540 g/mol. The average Bonchev–Trinajstić information content (AvgIpc) is 3.26. The van der Waals surface area contributed by atoms with Crippen molar-refractivity contribution in [3.05, 3.63) is 64.4 Å². The van der Waals surface area contributed by atoms with E-state index in [0.29, 0.717) is 60.3 Å². The molecule has 2 aromatic carbocycles. The monoisotopic (exact) mass is 574 g/mol. The normalized spacial score (nSPS) is 15.7. The van der Waals surface area contributed by atoms with Gasteiger partial charge in [0, 0.05) is 49.9 Å². The summed E-state index contributed by atoms with van der Waals surface area (Å²) in [5, 5.41) is 8.94. The Hall–Kier alpha value is -3.15. The fraction of sp³-hybridized carbons (Fsp3) is 0.444. The van der Waals surface area contributed by atoms with Gasteiger partial charge in [0.05, 0.1) is 30.4 Å². The van der Waals surface area contributed by atoms with Crippen LogP contribution in [0.15, 0.2) is 42.5 Å². The second-order valence-corrected chi connectivity index (χ2v) is 12.3. The van der Waals surface area contributed by atoms with E-state index in [4.69, 9.17) is 16.3 Å². The highest BCUT2D eigenvalue weighted by Crippen LogP contribution is 2.29. The number of ether oxygens (including phenoxy) is 1. The molecule has 0 aliphatic carbocycles. The molecule has 3 aromatic rings. The lowest BCUT2D eigenvalue weighted by Crippen LogP contribution is -2.41. The minimum Gasteiger partial charge on any atom is -0.497 e. The summed E-state index contributed by atoms with van der Waals surface area (Å²) in [6.45, 7) is 8.26. The largest absolute Gasteiger partial charge is 0.497 e. The number of carbonyl (C=O) groups excluding carboxylic acids is 1. The maximum Gasteiger partial charge on any atom is 0.276 e. The average molecular weight is 575 g/mol. The fourth-order valence-corrected chi connectivity index (χ4v) is 5.94. The van der Waals surface area contributed by atoms with Gasteiger partial charge in [-0.2, -0.15) is 0 Å². The highest BCUT2D eigenvalue weighted by atomic mass is 35.5. The lowest BCUT2D eigenvalue weighted by molar-refractivity contribution is 0.0705. The summed E-state index contributed by atoms with van der Waals surface area (Å²) < 4.78 is 34.0. The van der Waals surface area contributed by atoms with Crippen LogP contribution in [0.3, 0.4) is 0 Å². The fourth-order valence-electron chi connectivity index (χ4n) is 4.78. The molecule has 12 heteroatoms. The molecule has 0 fully saturated rings. The maximum atomic E-state index is 14.0. The Bertz CT molecular complexity index is 1440. The van der Waals surface area contributed by atoms with E-state index in [0.717, 1.165) is 5.69 Å². The van der Waals surface area contributed by atoms with Crippen molar-refractivity contribution in [3.8, 4) is 11.4 Å². The predicted octanol–water partition coefficient (Wildman–Crippen LogP) is 3.76. The van der Waals surface area contributed by atoms with Gasteiger partial charge in [-0.05, 0) is 57.0 Å². The van der Waals surface area contributed by atoms with Crippen LogP contribution in [0.4, 0.5) is 5.69 Å². The van der Waals surface area contributed by atoms with Gasteiger partial charge in [0.25, 0.3) is 5.91 Å². The van der Waals surface area contributed by atoms with E-state index in [2.05, 4.69) is 29.1 Å². The van der Waals surface area contributed by atoms with E-state index in [1.54, 1.807) is 41.8 Å². The molecule has 2 heterocycles. The van der Waals surface area contributed by atoms with E-state index in [1.807, 2.05) is 24.3 Å². The summed E-state index contributed by atoms with van der Waals surface area (Å²) in [7, 11) is -2.00. The van der Waals surface area contributed by atoms with Gasteiger partial charge in [-0.1, -0.05) is 28.9 Å². The number of amides is 1. The molecule has 0 atom stereocenters. The lowest BCUT2D eigenvalue weighted by Gasteiger charge is -2.29. The zero-order chi connectivity index (χ0) is 28.3. The van der Waals surface area contributed by atoms with Crippen LogP contribution in [-0.4, -0.2) is 84.7 Å². The number of anilines is 1. The van der Waals surface area contributed by atoms with Crippen LogP contribution in [0.2, 0.25) is 5.02 Å². The van der Waals surface area contributed by atoms with Gasteiger partial charge in [0.2, 0.25) is 10.0 Å². The third-order valence-electron chi connectivity index (χ3n) is 6.95. The quantitative estimate of drug-likeness (QED) is 0.457. The zero-order valence-corrected chi connectivity index (χ0v) is 24.5. The minimum absolute atomic E-state index is 0.189. The Balaban J connectivity index is 1.75. The van der Waals surface area contributed by atoms with Crippen molar-refractivity contribution in [2.45, 2.75) is 39.8 Å². The second kappa shape index (κ2) is 11.9. The van der Waals surface area contributed by atoms with Crippen molar-refractivity contribution in [2.75, 3.05) is 43.8 Å². The number of sulfonamides is 1. The standard InChI is InChI=1S/C27H35ClN6O4S/c1-19(2)31-12-7-13-33(39(5,36)37)25-16-22(28)11-10-21(25)18-32(15-14-31)27(35)26-20(3)34(30-29-26)23-8-6-9-24(17-23)38-4/h6,8-11,16-17,19H,7,12-15,18H2,1-5H3. The van der Waals surface area contributed by atoms with E-state index >= 15 is 0 Å². The molecule has 0 N–H and O–H groups in total. The Morgan fingerprint density at radius 3 is 2.54 bits per heavy atom. The summed E-state index contributed by atoms with van der Waals surface area (Å²) in [5.41, 5.74) is 2.73. The van der Waals surface area contributed by atoms with Crippen LogP contribution < -0.4 is 9.04 Å². The number of hydrogen-bond acceptors (Lipinski definition) is 7. The molecule has 39 heavy (non-hydrogen) atoms. The SMILES string of the molecule is COc1cccc(-n2nnc(C(=O)N3CCN(C(C)C)CCCN(S(C)(=O)=O)c4cc(Cl)ccc4C3)c2C)c1. The molecule has 0 unspecified atom stereocenters. The maximum absolute atomic E-state index is 14.0. The van der Waals surface area contributed by atoms with Crippen molar-refractivity contribution >= 4 is 33.2 Å². The van der Waals surface area contributed by atoms with Gasteiger partial charge in [-0.3, -0.25) is 14.0 Å². The molecular formula is C27H35ClN6O4S. The van der Waals surface area contributed by atoms with Gasteiger partial charge in [-0.15, -0.1) is 5.10 Å². The minimum atomic E-state index is -3.59. The third kappa shape index (κ3) is 6.54. The van der Waals surface area contributed by atoms with E-state index in [-0.39, 0.29) is 24.2 Å². The van der Waals surface area contributed by atoms with E-state index in [9.17, 15) is 13.2 Å². The van der Waals surface area contributed by atoms with Gasteiger partial charge in [0.1, 0.15) is 5.75 Å². The number of hydrogen-bond donors (Lipinski definition) is 0. The van der Waals surface area contributed by atoms with Gasteiger partial charge >= 0.3 is 0 Å². The highest BCUT2D eigenvalue weighted by Gasteiger charge is 2.28. The topological polar surface area (TPSA) is 101 Å². The van der Waals surface area contributed by atoms with Crippen molar-refractivity contribution in [1.29, 1.82) is 0 Å². The first-order chi connectivity index (χ1) is 18.5. The molecule has 10 nitrogen and oxygen atoms in total. The second-order valence-electron chi connectivity index (χ2n) is 9.95. The van der Waals surface area contributed by atoms with Crippen molar-refractivity contribution in [3.63, 3.8) is 0 Å². The summed E-state index contributed by atoms with van der Waals surface area (Å²) in [6.07, 6.45) is 1.83. The number of halogens is 1. The molecule has 0 spiro atoms. The summed E-state index contributed by atoms with van der Waals surface area (Å²) in [5.74, 6) is 0.387. The number of carbonyl (C=O) groups is 1. The molecule has 1 aliphatic heterocycles. The number of benzene rings is 2. The molecule has 0 saturated carbocycles. The first-order valence-electron chi connectivity index (χ1n) is 12.9. The smallest absolute Gasteiger partial charge is 0.276 e. The Labute approximate surface area is 235 Å². The van der Waals surface area contributed by atoms with Crippen LogP contribution in [0, 0.1) is 6.92 Å². The Morgan fingerprint density at radius 1 is 1.08 bits per heavy atom. The summed E-state index contributed by atoms with van der Waals surface area (Å²) in [4.78, 5) is 17.9. The third-order valence-corrected chi connectivity index (χ3v) is 8.37. The number of methoxy groups -OCH3 is 1. The van der Waals surface area contributed by atoms with Crippen LogP contribution in [0.25, 0.3) is 5.69 Å². The molecule has 1 aliphatic rings. The first-order valence-corrected chi connectivity index (χ1v) is 15.1. The van der Waals surface area contributed by atoms with Crippen molar-refractivity contribution in [1.82, 2.24) is 24.8 Å². The highest BCUT2D eigenvalue weighted by molar-refractivity contribution is 7.92. The number of aromatic nitrogens is 3. The molecule has 4 rings (SSSR count). The number of nitrogens with zero attached hydrogens (tertiary/aromatic N) is 6. The molecule has 1 amide bonds. The van der Waals surface area contributed by atoms with Gasteiger partial charge in [0.15, 0.2) is 5.69 Å². The summed E-state index contributed by atoms with van der Waals surface area (Å²) >= 11 is 6.31. The zero-order valence-electron chi connectivity index (χ0n) is 23.0. The van der Waals surface area contributed by atoms with Crippen molar-refractivity contribution in [2.24, 2.45) is 0 Å². The van der Waals surface area contributed by atoms with Gasteiger partial charge < -0.3 is 9.64 Å². The molecule has 0 saturated heterocycles. The Kier molecular flexibility index (Phi) is 8.83. The molecule has 210 valence electrons. The molecule has 0 radical (unpaired) electrons. The summed E-state index contributed by atoms with van der Waals surface area (Å²) in [6, 6.07) is 12.8. The van der Waals surface area contributed by atoms with Crippen LogP contribution >= 0.6 is 11.6 Å². The predicted molar refractivity (Wildman–Crippen MR) is 152 cm³/mol. The van der Waals surface area contributed by atoms with Gasteiger partial charge in [-0.25, -0.2) is 13.1 Å². The Morgan fingerprint density at radius 2 is 1.85 bits per heavy atom. The number of fused-ring (bicyclic) bond motifs is 1.